The van der Waals surface area contributed by atoms with Gasteiger partial charge in [0.05, 0.1) is 18.1 Å². The molecule has 1 aliphatic rings. The van der Waals surface area contributed by atoms with Gasteiger partial charge in [0, 0.05) is 18.6 Å². The van der Waals surface area contributed by atoms with Gasteiger partial charge < -0.3 is 14.6 Å². The van der Waals surface area contributed by atoms with Crippen LogP contribution < -0.4 is 10.2 Å². The Bertz CT molecular complexity index is 802. The molecule has 3 heterocycles. The number of hydrogen-bond donors (Lipinski definition) is 1. The fourth-order valence-corrected chi connectivity index (χ4v) is 4.65. The fourth-order valence-electron chi connectivity index (χ4n) is 3.81. The lowest BCUT2D eigenvalue weighted by Gasteiger charge is -2.35. The van der Waals surface area contributed by atoms with E-state index in [-0.39, 0.29) is 16.7 Å². The molecule has 0 aliphatic carbocycles. The van der Waals surface area contributed by atoms with Crippen LogP contribution in [0.15, 0.2) is 28.0 Å². The number of hydrogen-bond acceptors (Lipinski definition) is 6. The van der Waals surface area contributed by atoms with Crippen molar-refractivity contribution in [1.29, 1.82) is 0 Å². The Morgan fingerprint density at radius 3 is 2.59 bits per heavy atom. The van der Waals surface area contributed by atoms with Gasteiger partial charge >= 0.3 is 0 Å². The van der Waals surface area contributed by atoms with Crippen LogP contribution >= 0.6 is 11.8 Å². The van der Waals surface area contributed by atoms with E-state index >= 15 is 0 Å². The minimum Gasteiger partial charge on any atom is -0.467 e. The van der Waals surface area contributed by atoms with Crippen LogP contribution in [-0.4, -0.2) is 44.6 Å². The number of nitrogens with one attached hydrogen (secondary N) is 1. The van der Waals surface area contributed by atoms with Gasteiger partial charge in [-0.1, -0.05) is 25.6 Å². The number of amides is 1. The third-order valence-corrected chi connectivity index (χ3v) is 5.97. The highest BCUT2D eigenvalue weighted by atomic mass is 32.2. The Balaban J connectivity index is 1.84. The number of carbonyl (C=O) groups excluding carboxylic acids is 1. The summed E-state index contributed by atoms with van der Waals surface area (Å²) < 4.78 is 7.66. The van der Waals surface area contributed by atoms with Crippen molar-refractivity contribution in [3.63, 3.8) is 0 Å². The highest BCUT2D eigenvalue weighted by molar-refractivity contribution is 8.00. The van der Waals surface area contributed by atoms with E-state index in [4.69, 9.17) is 4.42 Å². The maximum Gasteiger partial charge on any atom is 0.233 e. The van der Waals surface area contributed by atoms with Crippen molar-refractivity contribution < 1.29 is 9.21 Å². The van der Waals surface area contributed by atoms with E-state index in [1.165, 1.54) is 18.2 Å². The highest BCUT2D eigenvalue weighted by Crippen LogP contribution is 2.30. The van der Waals surface area contributed by atoms with Crippen molar-refractivity contribution in [1.82, 2.24) is 20.1 Å². The molecule has 1 fully saturated rings. The van der Waals surface area contributed by atoms with Crippen LogP contribution in [0.4, 0.5) is 5.95 Å². The van der Waals surface area contributed by atoms with E-state index < -0.39 is 0 Å². The standard InChI is InChI=1S/C21H33N5O2S/c1-14-10-15(2)12-25(11-14)19-23-24-20(26(19)13-17-8-7-9-28-17)29-16(3)18(27)22-21(4,5)6/h7-9,14-16H,10-13H2,1-6H3,(H,22,27). The van der Waals surface area contributed by atoms with Gasteiger partial charge in [-0.05, 0) is 58.1 Å². The summed E-state index contributed by atoms with van der Waals surface area (Å²) in [6, 6.07) is 3.84. The first-order valence-electron chi connectivity index (χ1n) is 10.3. The lowest BCUT2D eigenvalue weighted by molar-refractivity contribution is -0.121. The average Bonchev–Trinajstić information content (AvgIpc) is 3.23. The summed E-state index contributed by atoms with van der Waals surface area (Å²) in [5, 5.41) is 12.5. The molecule has 29 heavy (non-hydrogen) atoms. The SMILES string of the molecule is CC1CC(C)CN(c2nnc(SC(C)C(=O)NC(C)(C)C)n2Cc2ccco2)C1. The molecule has 7 nitrogen and oxygen atoms in total. The molecule has 3 unspecified atom stereocenters. The van der Waals surface area contributed by atoms with Crippen molar-refractivity contribution in [3.8, 4) is 0 Å². The molecule has 1 saturated heterocycles. The second kappa shape index (κ2) is 8.81. The van der Waals surface area contributed by atoms with Gasteiger partial charge in [-0.15, -0.1) is 10.2 Å². The van der Waals surface area contributed by atoms with E-state index in [1.807, 2.05) is 39.8 Å². The van der Waals surface area contributed by atoms with E-state index in [0.717, 1.165) is 30.0 Å². The molecule has 160 valence electrons. The number of anilines is 1. The number of thioether (sulfide) groups is 1. The molecule has 8 heteroatoms. The Morgan fingerprint density at radius 1 is 1.31 bits per heavy atom. The first kappa shape index (κ1) is 21.7. The van der Waals surface area contributed by atoms with Crippen LogP contribution in [0, 0.1) is 11.8 Å². The molecule has 1 aliphatic heterocycles. The molecule has 0 aromatic carbocycles. The van der Waals surface area contributed by atoms with Gasteiger partial charge in [0.2, 0.25) is 11.9 Å². The molecular formula is C21H33N5O2S. The third kappa shape index (κ3) is 5.78. The second-order valence-electron chi connectivity index (χ2n) is 9.30. The van der Waals surface area contributed by atoms with Crippen molar-refractivity contribution >= 4 is 23.6 Å². The van der Waals surface area contributed by atoms with Crippen molar-refractivity contribution in [3.05, 3.63) is 24.2 Å². The Kier molecular flexibility index (Phi) is 6.61. The number of aromatic nitrogens is 3. The van der Waals surface area contributed by atoms with Gasteiger partial charge in [0.15, 0.2) is 5.16 Å². The Labute approximate surface area is 177 Å². The first-order valence-corrected chi connectivity index (χ1v) is 11.2. The molecular weight excluding hydrogens is 386 g/mol. The minimum atomic E-state index is -0.277. The van der Waals surface area contributed by atoms with Gasteiger partial charge in [-0.2, -0.15) is 0 Å². The largest absolute Gasteiger partial charge is 0.467 e. The fraction of sp³-hybridized carbons (Fsp3) is 0.667. The molecule has 0 saturated carbocycles. The van der Waals surface area contributed by atoms with Gasteiger partial charge in [-0.25, -0.2) is 0 Å². The summed E-state index contributed by atoms with van der Waals surface area (Å²) in [6.45, 7) is 14.9. The number of rotatable bonds is 6. The summed E-state index contributed by atoms with van der Waals surface area (Å²) in [7, 11) is 0. The number of furan rings is 1. The number of piperidine rings is 1. The summed E-state index contributed by atoms with van der Waals surface area (Å²) in [5.41, 5.74) is -0.265. The average molecular weight is 420 g/mol. The normalized spacial score (nSPS) is 21.2. The lowest BCUT2D eigenvalue weighted by atomic mass is 9.92. The van der Waals surface area contributed by atoms with Gasteiger partial charge in [0.25, 0.3) is 0 Å². The molecule has 2 aromatic rings. The molecule has 1 N–H and O–H groups in total. The second-order valence-corrected chi connectivity index (χ2v) is 10.6. The lowest BCUT2D eigenvalue weighted by Crippen LogP contribution is -2.44. The van der Waals surface area contributed by atoms with Crippen LogP contribution in [0.2, 0.25) is 0 Å². The predicted molar refractivity (Wildman–Crippen MR) is 116 cm³/mol. The minimum absolute atomic E-state index is 0.00295. The summed E-state index contributed by atoms with van der Waals surface area (Å²) in [6.07, 6.45) is 2.91. The van der Waals surface area contributed by atoms with E-state index in [2.05, 4.69) is 38.8 Å². The zero-order chi connectivity index (χ0) is 21.2. The Morgan fingerprint density at radius 2 is 2.00 bits per heavy atom. The van der Waals surface area contributed by atoms with Crippen LogP contribution in [-0.2, 0) is 11.3 Å². The third-order valence-electron chi connectivity index (χ3n) is 4.89. The number of nitrogens with zero attached hydrogens (tertiary/aromatic N) is 4. The topological polar surface area (TPSA) is 76.2 Å². The van der Waals surface area contributed by atoms with Gasteiger partial charge in [0.1, 0.15) is 5.76 Å². The maximum absolute atomic E-state index is 12.6. The van der Waals surface area contributed by atoms with Crippen molar-refractivity contribution in [2.24, 2.45) is 11.8 Å². The first-order chi connectivity index (χ1) is 13.6. The predicted octanol–water partition coefficient (Wildman–Crippen LogP) is 3.80. The maximum atomic E-state index is 12.6. The molecule has 1 amide bonds. The van der Waals surface area contributed by atoms with E-state index in [1.54, 1.807) is 6.26 Å². The van der Waals surface area contributed by atoms with Crippen LogP contribution in [0.1, 0.15) is 53.7 Å². The molecule has 3 atom stereocenters. The van der Waals surface area contributed by atoms with Crippen LogP contribution in [0.3, 0.4) is 0 Å². The van der Waals surface area contributed by atoms with Crippen LogP contribution in [0.5, 0.6) is 0 Å². The zero-order valence-corrected chi connectivity index (χ0v) is 19.1. The molecule has 2 aromatic heterocycles. The van der Waals surface area contributed by atoms with Crippen LogP contribution in [0.25, 0.3) is 0 Å². The monoisotopic (exact) mass is 419 g/mol. The zero-order valence-electron chi connectivity index (χ0n) is 18.3. The quantitative estimate of drug-likeness (QED) is 0.718. The highest BCUT2D eigenvalue weighted by Gasteiger charge is 2.29. The van der Waals surface area contributed by atoms with E-state index in [0.29, 0.717) is 18.4 Å². The smallest absolute Gasteiger partial charge is 0.233 e. The van der Waals surface area contributed by atoms with Crippen molar-refractivity contribution in [2.75, 3.05) is 18.0 Å². The Hall–Kier alpha value is -1.96. The summed E-state index contributed by atoms with van der Waals surface area (Å²) >= 11 is 1.44. The molecule has 0 spiro atoms. The molecule has 0 radical (unpaired) electrons. The molecule has 3 rings (SSSR count). The summed E-state index contributed by atoms with van der Waals surface area (Å²) in [5.74, 6) is 2.92. The number of carbonyl (C=O) groups is 1. The van der Waals surface area contributed by atoms with Crippen molar-refractivity contribution in [2.45, 2.75) is 70.5 Å². The summed E-state index contributed by atoms with van der Waals surface area (Å²) in [4.78, 5) is 14.9. The van der Waals surface area contributed by atoms with Gasteiger partial charge in [-0.3, -0.25) is 9.36 Å². The van der Waals surface area contributed by atoms with E-state index in [9.17, 15) is 4.79 Å². The molecule has 0 bridgehead atoms.